The first-order valence-electron chi connectivity index (χ1n) is 15.0. The standard InChI is InChI=1S/C20H25N3O2.C6H12OS.C3H8.2C2H6/c1-23(22-25)18-7-5-16(6-8-18)19-14-20(10-12-21-13-11-20)9-3-2-4-17(19)15-24;1-5(2)3-4-6(7)8;1-3-2;2*1-2/h2-9,15,19,21,24H,10-14H2,1H3;5H,3-4H2,1-2H3,(H,7,8);3H2,1-2H3;2*1-2H3/b4-2-,9-3-,17-15-;;;;. The van der Waals surface area contributed by atoms with Gasteiger partial charge in [-0.2, -0.15) is 0 Å². The summed E-state index contributed by atoms with van der Waals surface area (Å²) in [6.45, 7) is 18.5. The van der Waals surface area contributed by atoms with Crippen molar-refractivity contribution in [3.05, 3.63) is 70.9 Å². The van der Waals surface area contributed by atoms with Crippen molar-refractivity contribution in [2.45, 2.75) is 99.8 Å². The average molecular weight is 576 g/mol. The molecule has 2 aliphatic rings. The van der Waals surface area contributed by atoms with Gasteiger partial charge in [-0.1, -0.05) is 98.2 Å². The number of aliphatic hydroxyl groups is 1. The highest BCUT2D eigenvalue weighted by molar-refractivity contribution is 7.96. The highest BCUT2D eigenvalue weighted by Gasteiger charge is 2.34. The van der Waals surface area contributed by atoms with Gasteiger partial charge < -0.3 is 10.4 Å². The second-order valence-electron chi connectivity index (χ2n) is 9.95. The number of benzene rings is 1. The van der Waals surface area contributed by atoms with Crippen molar-refractivity contribution in [3.8, 4) is 0 Å². The van der Waals surface area contributed by atoms with Gasteiger partial charge in [0.25, 0.3) is 0 Å². The van der Waals surface area contributed by atoms with Crippen LogP contribution in [0.1, 0.15) is 105 Å². The van der Waals surface area contributed by atoms with Gasteiger partial charge in [-0.3, -0.25) is 4.79 Å². The van der Waals surface area contributed by atoms with Crippen molar-refractivity contribution in [3.63, 3.8) is 0 Å². The summed E-state index contributed by atoms with van der Waals surface area (Å²) in [5.41, 5.74) is 2.96. The summed E-state index contributed by atoms with van der Waals surface area (Å²) in [7, 11) is 1.63. The van der Waals surface area contributed by atoms with E-state index in [1.54, 1.807) is 7.05 Å². The van der Waals surface area contributed by atoms with Crippen molar-refractivity contribution in [2.75, 3.05) is 25.1 Å². The van der Waals surface area contributed by atoms with Crippen LogP contribution in [0.2, 0.25) is 0 Å². The normalized spacial score (nSPS) is 19.4. The van der Waals surface area contributed by atoms with Crippen LogP contribution in [0.3, 0.4) is 0 Å². The highest BCUT2D eigenvalue weighted by Crippen LogP contribution is 2.44. The Hall–Kier alpha value is -2.38. The van der Waals surface area contributed by atoms with Gasteiger partial charge in [-0.15, -0.1) is 17.5 Å². The molecule has 0 radical (unpaired) electrons. The number of anilines is 1. The fourth-order valence-corrected chi connectivity index (χ4v) is 4.38. The number of hydrogen-bond acceptors (Lipinski definition) is 5. The Labute approximate surface area is 250 Å². The largest absolute Gasteiger partial charge is 0.515 e. The van der Waals surface area contributed by atoms with E-state index in [1.807, 2.05) is 64.1 Å². The Balaban J connectivity index is 0. The molecule has 1 aromatic rings. The van der Waals surface area contributed by atoms with Crippen molar-refractivity contribution >= 4 is 23.4 Å². The molecule has 0 aromatic heterocycles. The fraction of sp³-hybridized carbons (Fsp3) is 0.606. The van der Waals surface area contributed by atoms with Crippen molar-refractivity contribution in [1.82, 2.24) is 5.32 Å². The van der Waals surface area contributed by atoms with E-state index < -0.39 is 0 Å². The van der Waals surface area contributed by atoms with Gasteiger partial charge >= 0.3 is 0 Å². The zero-order valence-electron chi connectivity index (χ0n) is 26.6. The maximum atomic E-state index is 10.7. The van der Waals surface area contributed by atoms with E-state index in [-0.39, 0.29) is 16.4 Å². The smallest absolute Gasteiger partial charge is 0.185 e. The molecule has 6 nitrogen and oxygen atoms in total. The number of thiol groups is 1. The monoisotopic (exact) mass is 575 g/mol. The zero-order chi connectivity index (χ0) is 31.0. The van der Waals surface area contributed by atoms with Crippen molar-refractivity contribution in [1.29, 1.82) is 0 Å². The first-order valence-corrected chi connectivity index (χ1v) is 15.5. The predicted octanol–water partition coefficient (Wildman–Crippen LogP) is 9.56. The molecule has 0 amide bonds. The molecule has 228 valence electrons. The first-order chi connectivity index (χ1) is 19.2. The SMILES string of the molecule is CC.CC.CC(C)CCC(=O)S.CCC.CN(N=O)c1ccc(C2CC3(\C=C/C=C\C2=C\O)CCNCC3)cc1. The van der Waals surface area contributed by atoms with Crippen LogP contribution in [0.4, 0.5) is 5.69 Å². The summed E-state index contributed by atoms with van der Waals surface area (Å²) in [6, 6.07) is 7.86. The second kappa shape index (κ2) is 24.4. The number of carbonyl (C=O) groups is 1. The Kier molecular flexibility index (Phi) is 24.3. The van der Waals surface area contributed by atoms with Gasteiger partial charge in [0, 0.05) is 19.4 Å². The Bertz CT molecular complexity index is 873. The van der Waals surface area contributed by atoms with Gasteiger partial charge in [0.05, 0.1) is 17.2 Å². The molecule has 3 rings (SSSR count). The minimum Gasteiger partial charge on any atom is -0.515 e. The van der Waals surface area contributed by atoms with E-state index >= 15 is 0 Å². The van der Waals surface area contributed by atoms with E-state index in [4.69, 9.17) is 0 Å². The zero-order valence-corrected chi connectivity index (χ0v) is 27.5. The second-order valence-corrected chi connectivity index (χ2v) is 10.4. The number of carbonyl (C=O) groups excluding carboxylic acids is 1. The van der Waals surface area contributed by atoms with Crippen LogP contribution in [-0.2, 0) is 4.79 Å². The van der Waals surface area contributed by atoms with Gasteiger partial charge in [-0.05, 0) is 73.4 Å². The number of rotatable bonds is 6. The molecule has 0 bridgehead atoms. The molecule has 1 heterocycles. The maximum Gasteiger partial charge on any atom is 0.185 e. The van der Waals surface area contributed by atoms with Gasteiger partial charge in [0.1, 0.15) is 0 Å². The summed E-state index contributed by atoms with van der Waals surface area (Å²) in [4.78, 5) is 20.9. The number of nitrogens with zero attached hydrogens (tertiary/aromatic N) is 2. The lowest BCUT2D eigenvalue weighted by Gasteiger charge is -2.39. The van der Waals surface area contributed by atoms with Crippen LogP contribution < -0.4 is 10.3 Å². The third kappa shape index (κ3) is 16.0. The molecule has 40 heavy (non-hydrogen) atoms. The number of aliphatic hydroxyl groups excluding tert-OH is 1. The van der Waals surface area contributed by atoms with E-state index in [9.17, 15) is 14.8 Å². The van der Waals surface area contributed by atoms with E-state index in [1.165, 1.54) is 17.7 Å². The van der Waals surface area contributed by atoms with Crippen molar-refractivity contribution in [2.24, 2.45) is 16.6 Å². The van der Waals surface area contributed by atoms with Crippen LogP contribution >= 0.6 is 12.6 Å². The molecule has 1 aliphatic heterocycles. The van der Waals surface area contributed by atoms with Gasteiger partial charge in [0.2, 0.25) is 0 Å². The predicted molar refractivity (Wildman–Crippen MR) is 178 cm³/mol. The number of allylic oxidation sites excluding steroid dienone is 5. The van der Waals surface area contributed by atoms with E-state index in [0.717, 1.165) is 55.6 Å². The number of hydrogen-bond donors (Lipinski definition) is 3. The van der Waals surface area contributed by atoms with Crippen LogP contribution in [-0.4, -0.2) is 30.4 Å². The molecular formula is C33H57N3O3S. The molecule has 1 spiro atoms. The highest BCUT2D eigenvalue weighted by atomic mass is 32.1. The van der Waals surface area contributed by atoms with E-state index in [0.29, 0.717) is 12.3 Å². The number of nitroso groups, excluding NO2 is 1. The Morgan fingerprint density at radius 2 is 1.68 bits per heavy atom. The fourth-order valence-electron chi connectivity index (χ4n) is 4.26. The molecule has 1 aromatic carbocycles. The van der Waals surface area contributed by atoms with Crippen LogP contribution in [0, 0.1) is 16.2 Å². The lowest BCUT2D eigenvalue weighted by atomic mass is 9.68. The first kappa shape index (κ1) is 39.8. The molecule has 1 unspecified atom stereocenters. The van der Waals surface area contributed by atoms with Gasteiger partial charge in [0.15, 0.2) is 5.12 Å². The molecule has 1 fully saturated rings. The molecule has 0 saturated carbocycles. The van der Waals surface area contributed by atoms with E-state index in [2.05, 4.69) is 63.1 Å². The molecule has 2 N–H and O–H groups in total. The summed E-state index contributed by atoms with van der Waals surface area (Å²) < 4.78 is 0. The van der Waals surface area contributed by atoms with Crippen LogP contribution in [0.5, 0.6) is 0 Å². The van der Waals surface area contributed by atoms with Crippen LogP contribution in [0.25, 0.3) is 0 Å². The Morgan fingerprint density at radius 1 is 1.12 bits per heavy atom. The molecular weight excluding hydrogens is 518 g/mol. The summed E-state index contributed by atoms with van der Waals surface area (Å²) >= 11 is 3.63. The molecule has 7 heteroatoms. The van der Waals surface area contributed by atoms with Crippen molar-refractivity contribution < 1.29 is 9.90 Å². The average Bonchev–Trinajstić information content (AvgIpc) is 2.97. The summed E-state index contributed by atoms with van der Waals surface area (Å²) in [5.74, 6) is 0.735. The molecule has 1 atom stereocenters. The number of piperidine rings is 1. The number of nitrogens with one attached hydrogen (secondary N) is 1. The van der Waals surface area contributed by atoms with Crippen LogP contribution in [0.15, 0.2) is 65.7 Å². The Morgan fingerprint density at radius 3 is 2.10 bits per heavy atom. The molecule has 1 saturated heterocycles. The quantitative estimate of drug-likeness (QED) is 0.136. The summed E-state index contributed by atoms with van der Waals surface area (Å²) in [5, 5.41) is 17.5. The lowest BCUT2D eigenvalue weighted by molar-refractivity contribution is -0.111. The third-order valence-corrected chi connectivity index (χ3v) is 6.56. The molecule has 1 aliphatic carbocycles. The minimum absolute atomic E-state index is 0.00120. The maximum absolute atomic E-state index is 10.7. The lowest BCUT2D eigenvalue weighted by Crippen LogP contribution is -2.37. The minimum atomic E-state index is -0.00120. The topological polar surface area (TPSA) is 82.0 Å². The third-order valence-electron chi connectivity index (χ3n) is 6.34. The van der Waals surface area contributed by atoms with Gasteiger partial charge in [-0.25, -0.2) is 5.01 Å². The summed E-state index contributed by atoms with van der Waals surface area (Å²) in [6.07, 6.45) is 15.6.